The van der Waals surface area contributed by atoms with Gasteiger partial charge in [-0.3, -0.25) is 14.4 Å². The van der Waals surface area contributed by atoms with Crippen molar-refractivity contribution in [2.75, 3.05) is 24.9 Å². The third kappa shape index (κ3) is 8.84. The molecule has 4 rings (SSSR count). The molecule has 0 aliphatic carbocycles. The number of carbonyl (C=O) groups is 3. The van der Waals surface area contributed by atoms with Gasteiger partial charge in [0.25, 0.3) is 11.8 Å². The topological polar surface area (TPSA) is 119 Å². The Morgan fingerprint density at radius 2 is 1.65 bits per heavy atom. The largest absolute Gasteiger partial charge is 0.497 e. The quantitative estimate of drug-likeness (QED) is 0.134. The molecular formula is C32H29ClN4O5S. The number of hydrogen-bond donors (Lipinski definition) is 3. The lowest BCUT2D eigenvalue weighted by Gasteiger charge is -2.14. The van der Waals surface area contributed by atoms with Crippen LogP contribution in [0.3, 0.4) is 0 Å². The second-order valence-corrected chi connectivity index (χ2v) is 10.9. The summed E-state index contributed by atoms with van der Waals surface area (Å²) in [6.07, 6.45) is 2.99. The predicted molar refractivity (Wildman–Crippen MR) is 170 cm³/mol. The second-order valence-electron chi connectivity index (χ2n) is 9.08. The molecule has 1 unspecified atom stereocenters. The molecule has 1 heterocycles. The SMILES string of the molecule is COc1ccc(OC)c(/C=C(\NC(=O)c2ccccc2)C(=O)Nc2ccc(SC(C)C(=O)Nc3ccc(Cl)cn3)cc2)c1. The van der Waals surface area contributed by atoms with Gasteiger partial charge < -0.3 is 25.4 Å². The molecule has 3 amide bonds. The summed E-state index contributed by atoms with van der Waals surface area (Å²) in [7, 11) is 3.05. The van der Waals surface area contributed by atoms with E-state index in [1.165, 1.54) is 38.3 Å². The molecule has 1 aromatic heterocycles. The van der Waals surface area contributed by atoms with Gasteiger partial charge in [-0.2, -0.15) is 0 Å². The van der Waals surface area contributed by atoms with Gasteiger partial charge in [-0.05, 0) is 79.7 Å². The van der Waals surface area contributed by atoms with E-state index in [4.69, 9.17) is 21.1 Å². The van der Waals surface area contributed by atoms with Gasteiger partial charge in [-0.1, -0.05) is 29.8 Å². The fourth-order valence-corrected chi connectivity index (χ4v) is 4.78. The number of rotatable bonds is 11. The molecule has 220 valence electrons. The van der Waals surface area contributed by atoms with Crippen molar-refractivity contribution in [1.82, 2.24) is 10.3 Å². The zero-order valence-electron chi connectivity index (χ0n) is 23.6. The van der Waals surface area contributed by atoms with Crippen LogP contribution in [0.2, 0.25) is 5.02 Å². The number of pyridine rings is 1. The van der Waals surface area contributed by atoms with Crippen LogP contribution in [-0.2, 0) is 9.59 Å². The number of benzene rings is 3. The van der Waals surface area contributed by atoms with Gasteiger partial charge in [-0.25, -0.2) is 4.98 Å². The minimum Gasteiger partial charge on any atom is -0.497 e. The van der Waals surface area contributed by atoms with Crippen LogP contribution in [0.4, 0.5) is 11.5 Å². The van der Waals surface area contributed by atoms with Crippen molar-refractivity contribution in [2.24, 2.45) is 0 Å². The maximum absolute atomic E-state index is 13.4. The molecule has 3 aromatic carbocycles. The Bertz CT molecular complexity index is 1610. The lowest BCUT2D eigenvalue weighted by molar-refractivity contribution is -0.115. The first kappa shape index (κ1) is 31.1. The molecule has 0 radical (unpaired) electrons. The van der Waals surface area contributed by atoms with Crippen LogP contribution in [0.15, 0.2) is 102 Å². The highest BCUT2D eigenvalue weighted by atomic mass is 35.5. The van der Waals surface area contributed by atoms with Crippen LogP contribution < -0.4 is 25.4 Å². The highest BCUT2D eigenvalue weighted by Gasteiger charge is 2.18. The first-order valence-corrected chi connectivity index (χ1v) is 14.3. The van der Waals surface area contributed by atoms with Crippen molar-refractivity contribution in [2.45, 2.75) is 17.1 Å². The van der Waals surface area contributed by atoms with Gasteiger partial charge in [0.1, 0.15) is 23.0 Å². The van der Waals surface area contributed by atoms with Crippen LogP contribution in [0.25, 0.3) is 6.08 Å². The Hall–Kier alpha value is -4.80. The number of nitrogens with zero attached hydrogens (tertiary/aromatic N) is 1. The van der Waals surface area contributed by atoms with Gasteiger partial charge in [0, 0.05) is 27.9 Å². The molecule has 3 N–H and O–H groups in total. The molecule has 0 saturated carbocycles. The lowest BCUT2D eigenvalue weighted by atomic mass is 10.1. The minimum absolute atomic E-state index is 0.0000371. The summed E-state index contributed by atoms with van der Waals surface area (Å²) in [5.41, 5.74) is 1.42. The highest BCUT2D eigenvalue weighted by Crippen LogP contribution is 2.28. The molecule has 43 heavy (non-hydrogen) atoms. The Labute approximate surface area is 258 Å². The fraction of sp³-hybridized carbons (Fsp3) is 0.125. The van der Waals surface area contributed by atoms with Gasteiger partial charge in [0.2, 0.25) is 5.91 Å². The third-order valence-corrected chi connectivity index (χ3v) is 7.37. The molecule has 0 aliphatic rings. The van der Waals surface area contributed by atoms with E-state index in [0.717, 1.165) is 4.90 Å². The van der Waals surface area contributed by atoms with Crippen molar-refractivity contribution in [3.8, 4) is 11.5 Å². The van der Waals surface area contributed by atoms with E-state index in [1.807, 2.05) is 0 Å². The normalized spacial score (nSPS) is 11.7. The average molecular weight is 617 g/mol. The van der Waals surface area contributed by atoms with Crippen molar-refractivity contribution < 1.29 is 23.9 Å². The summed E-state index contributed by atoms with van der Waals surface area (Å²) in [6.45, 7) is 1.78. The lowest BCUT2D eigenvalue weighted by Crippen LogP contribution is -2.30. The first-order valence-electron chi connectivity index (χ1n) is 13.1. The van der Waals surface area contributed by atoms with E-state index >= 15 is 0 Å². The zero-order valence-corrected chi connectivity index (χ0v) is 25.2. The minimum atomic E-state index is -0.544. The standard InChI is InChI=1S/C32H29ClN4O5S/c1-20(30(38)37-29-16-9-23(33)19-34-29)43-26-13-10-24(11-14-26)35-32(40)27(36-31(39)21-7-5-4-6-8-21)18-22-17-25(41-2)12-15-28(22)42-3/h4-20H,1-3H3,(H,35,40)(H,36,39)(H,34,37,38)/b27-18-. The fourth-order valence-electron chi connectivity index (χ4n) is 3.80. The number of carbonyl (C=O) groups excluding carboxylic acids is 3. The maximum atomic E-state index is 13.4. The number of hydrogen-bond acceptors (Lipinski definition) is 7. The van der Waals surface area contributed by atoms with Gasteiger partial charge >= 0.3 is 0 Å². The molecule has 1 atom stereocenters. The second kappa shape index (κ2) is 14.9. The number of halogens is 1. The van der Waals surface area contributed by atoms with Gasteiger partial charge in [-0.15, -0.1) is 11.8 Å². The summed E-state index contributed by atoms with van der Waals surface area (Å²) in [6, 6.07) is 24.0. The Balaban J connectivity index is 1.49. The summed E-state index contributed by atoms with van der Waals surface area (Å²) in [4.78, 5) is 43.9. The molecule has 4 aromatic rings. The number of amides is 3. The number of nitrogens with one attached hydrogen (secondary N) is 3. The highest BCUT2D eigenvalue weighted by molar-refractivity contribution is 8.00. The third-order valence-electron chi connectivity index (χ3n) is 6.04. The molecule has 0 saturated heterocycles. The summed E-state index contributed by atoms with van der Waals surface area (Å²) < 4.78 is 10.8. The van der Waals surface area contributed by atoms with E-state index in [1.54, 1.807) is 91.9 Å². The predicted octanol–water partition coefficient (Wildman–Crippen LogP) is 6.28. The Morgan fingerprint density at radius 1 is 0.907 bits per heavy atom. The Morgan fingerprint density at radius 3 is 2.30 bits per heavy atom. The summed E-state index contributed by atoms with van der Waals surface area (Å²) >= 11 is 7.20. The Kier molecular flexibility index (Phi) is 10.8. The number of anilines is 2. The summed E-state index contributed by atoms with van der Waals surface area (Å²) in [5, 5.41) is 8.36. The van der Waals surface area contributed by atoms with E-state index in [2.05, 4.69) is 20.9 Å². The molecule has 11 heteroatoms. The van der Waals surface area contributed by atoms with Crippen LogP contribution in [-0.4, -0.2) is 42.2 Å². The molecule has 0 spiro atoms. The van der Waals surface area contributed by atoms with Crippen molar-refractivity contribution in [3.05, 3.63) is 113 Å². The zero-order chi connectivity index (χ0) is 30.8. The van der Waals surface area contributed by atoms with E-state index in [9.17, 15) is 14.4 Å². The number of aromatic nitrogens is 1. The smallest absolute Gasteiger partial charge is 0.272 e. The van der Waals surface area contributed by atoms with Crippen LogP contribution >= 0.6 is 23.4 Å². The first-order chi connectivity index (χ1) is 20.7. The monoisotopic (exact) mass is 616 g/mol. The van der Waals surface area contributed by atoms with Crippen molar-refractivity contribution >= 4 is 58.7 Å². The molecule has 0 aliphatic heterocycles. The van der Waals surface area contributed by atoms with E-state index < -0.39 is 17.1 Å². The number of methoxy groups -OCH3 is 2. The maximum Gasteiger partial charge on any atom is 0.272 e. The van der Waals surface area contributed by atoms with Gasteiger partial charge in [0.05, 0.1) is 24.5 Å². The summed E-state index contributed by atoms with van der Waals surface area (Å²) in [5.74, 6) is 0.256. The van der Waals surface area contributed by atoms with Crippen LogP contribution in [0.5, 0.6) is 11.5 Å². The molecular weight excluding hydrogens is 588 g/mol. The van der Waals surface area contributed by atoms with Crippen molar-refractivity contribution in [1.29, 1.82) is 0 Å². The molecule has 9 nitrogen and oxygen atoms in total. The van der Waals surface area contributed by atoms with Crippen LogP contribution in [0.1, 0.15) is 22.8 Å². The van der Waals surface area contributed by atoms with Crippen molar-refractivity contribution in [3.63, 3.8) is 0 Å². The van der Waals surface area contributed by atoms with Gasteiger partial charge in [0.15, 0.2) is 0 Å². The van der Waals surface area contributed by atoms with E-state index in [0.29, 0.717) is 39.2 Å². The number of thioether (sulfide) groups is 1. The van der Waals surface area contributed by atoms with Crippen LogP contribution in [0, 0.1) is 0 Å². The molecule has 0 bridgehead atoms. The number of ether oxygens (including phenoxy) is 2. The van der Waals surface area contributed by atoms with E-state index in [-0.39, 0.29) is 11.6 Å². The average Bonchev–Trinajstić information content (AvgIpc) is 3.03. The molecule has 0 fully saturated rings.